The van der Waals surface area contributed by atoms with Crippen LogP contribution in [0, 0.1) is 0 Å². The van der Waals surface area contributed by atoms with Crippen molar-refractivity contribution in [3.63, 3.8) is 0 Å². The Labute approximate surface area is 88.4 Å². The summed E-state index contributed by atoms with van der Waals surface area (Å²) in [5.41, 5.74) is 0. The maximum Gasteiger partial charge on any atom is 0.148 e. The molecule has 0 bridgehead atoms. The van der Waals surface area contributed by atoms with Crippen LogP contribution in [0.2, 0.25) is 0 Å². The van der Waals surface area contributed by atoms with Gasteiger partial charge in [0.05, 0.1) is 5.75 Å². The Kier molecular flexibility index (Phi) is 7.46. The normalized spacial score (nSPS) is 11.8. The molecule has 0 aromatic rings. The first-order valence-electron chi connectivity index (χ1n) is 4.00. The molecule has 0 saturated heterocycles. The fourth-order valence-electron chi connectivity index (χ4n) is 0.727. The Bertz CT molecular complexity index is 192. The maximum absolute atomic E-state index is 10.7. The molecule has 0 rings (SSSR count). The number of rotatable bonds is 7. The van der Waals surface area contributed by atoms with Crippen LogP contribution in [0.5, 0.6) is 0 Å². The molecule has 0 radical (unpaired) electrons. The summed E-state index contributed by atoms with van der Waals surface area (Å²) in [5, 5.41) is 3.09. The Balaban J connectivity index is 3.12. The van der Waals surface area contributed by atoms with Crippen LogP contribution in [0.4, 0.5) is 0 Å². The van der Waals surface area contributed by atoms with Crippen molar-refractivity contribution in [1.29, 1.82) is 0 Å². The van der Waals surface area contributed by atoms with Gasteiger partial charge in [0.25, 0.3) is 0 Å². The average Bonchev–Trinajstić information content (AvgIpc) is 1.94. The first-order valence-corrected chi connectivity index (χ1v) is 7.59. The number of unbranched alkanes of at least 4 members (excludes halogenated alkanes) is 1. The first kappa shape index (κ1) is 12.6. The van der Waals surface area contributed by atoms with Gasteiger partial charge in [0, 0.05) is 12.8 Å². The first-order chi connectivity index (χ1) is 5.56. The lowest BCUT2D eigenvalue weighted by Gasteiger charge is -2.01. The third-order valence-corrected chi connectivity index (χ3v) is 3.10. The Morgan fingerprint density at radius 2 is 1.92 bits per heavy atom. The van der Waals surface area contributed by atoms with Crippen LogP contribution in [0.15, 0.2) is 0 Å². The fraction of sp³-hybridized carbons (Fsp3) is 1.00. The Hall–Kier alpha value is 0.640. The van der Waals surface area contributed by atoms with Crippen molar-refractivity contribution in [2.45, 2.75) is 12.8 Å². The number of alkyl halides is 1. The van der Waals surface area contributed by atoms with Gasteiger partial charge in [0.1, 0.15) is 9.84 Å². The number of hydrogen-bond acceptors (Lipinski definition) is 3. The van der Waals surface area contributed by atoms with Gasteiger partial charge in [-0.05, 0) is 23.8 Å². The lowest BCUT2D eigenvalue weighted by atomic mass is 10.3. The van der Waals surface area contributed by atoms with Crippen molar-refractivity contribution in [3.8, 4) is 0 Å². The molecule has 74 valence electrons. The van der Waals surface area contributed by atoms with E-state index in [0.717, 1.165) is 13.0 Å². The molecule has 0 atom stereocenters. The quantitative estimate of drug-likeness (QED) is 0.431. The van der Waals surface area contributed by atoms with Gasteiger partial charge in [-0.2, -0.15) is 0 Å². The number of halogens is 1. The highest BCUT2D eigenvalue weighted by Crippen LogP contribution is 1.92. The van der Waals surface area contributed by atoms with Crippen LogP contribution in [0.25, 0.3) is 0 Å². The molecule has 0 amide bonds. The van der Waals surface area contributed by atoms with Gasteiger partial charge in [-0.25, -0.2) is 8.42 Å². The van der Waals surface area contributed by atoms with Gasteiger partial charge in [0.15, 0.2) is 0 Å². The molecule has 0 aliphatic rings. The summed E-state index contributed by atoms with van der Waals surface area (Å²) >= 11 is 2.34. The molecule has 0 aromatic heterocycles. The van der Waals surface area contributed by atoms with Gasteiger partial charge < -0.3 is 5.32 Å². The van der Waals surface area contributed by atoms with E-state index in [1.807, 2.05) is 0 Å². The van der Waals surface area contributed by atoms with Gasteiger partial charge in [0.2, 0.25) is 0 Å². The van der Waals surface area contributed by atoms with Crippen molar-refractivity contribution >= 4 is 32.4 Å². The topological polar surface area (TPSA) is 46.2 Å². The summed E-state index contributed by atoms with van der Waals surface area (Å²) in [6.45, 7) is 1.51. The summed E-state index contributed by atoms with van der Waals surface area (Å²) in [5.74, 6) is 0.247. The molecule has 1 N–H and O–H groups in total. The van der Waals surface area contributed by atoms with Crippen molar-refractivity contribution in [1.82, 2.24) is 5.32 Å². The second kappa shape index (κ2) is 7.08. The lowest BCUT2D eigenvalue weighted by molar-refractivity contribution is 0.594. The molecule has 3 nitrogen and oxygen atoms in total. The minimum atomic E-state index is -2.78. The van der Waals surface area contributed by atoms with Crippen LogP contribution in [0.1, 0.15) is 12.8 Å². The SMILES string of the molecule is CS(=O)(=O)CCNCCCCI. The lowest BCUT2D eigenvalue weighted by Crippen LogP contribution is -2.23. The molecule has 0 aromatic carbocycles. The fourth-order valence-corrected chi connectivity index (χ4v) is 1.78. The summed E-state index contributed by atoms with van der Waals surface area (Å²) in [7, 11) is -2.78. The molecule has 0 fully saturated rings. The smallest absolute Gasteiger partial charge is 0.148 e. The number of hydrogen-bond donors (Lipinski definition) is 1. The molecule has 5 heteroatoms. The molecule has 0 spiro atoms. The van der Waals surface area contributed by atoms with Gasteiger partial charge in [-0.1, -0.05) is 22.6 Å². The van der Waals surface area contributed by atoms with Crippen LogP contribution >= 0.6 is 22.6 Å². The van der Waals surface area contributed by atoms with E-state index in [9.17, 15) is 8.42 Å². The zero-order valence-electron chi connectivity index (χ0n) is 7.35. The molecular formula is C7H16INO2S. The minimum absolute atomic E-state index is 0.247. The zero-order chi connectivity index (χ0) is 9.45. The molecule has 12 heavy (non-hydrogen) atoms. The monoisotopic (exact) mass is 305 g/mol. The molecule has 0 aliphatic heterocycles. The van der Waals surface area contributed by atoms with Crippen molar-refractivity contribution < 1.29 is 8.42 Å². The van der Waals surface area contributed by atoms with Crippen LogP contribution < -0.4 is 5.32 Å². The van der Waals surface area contributed by atoms with E-state index >= 15 is 0 Å². The summed E-state index contributed by atoms with van der Waals surface area (Å²) in [6, 6.07) is 0. The molecule has 0 aliphatic carbocycles. The van der Waals surface area contributed by atoms with E-state index in [1.54, 1.807) is 0 Å². The Morgan fingerprint density at radius 3 is 2.42 bits per heavy atom. The van der Waals surface area contributed by atoms with E-state index in [1.165, 1.54) is 17.1 Å². The highest BCUT2D eigenvalue weighted by molar-refractivity contribution is 14.1. The molecule has 0 heterocycles. The summed E-state index contributed by atoms with van der Waals surface area (Å²) in [4.78, 5) is 0. The largest absolute Gasteiger partial charge is 0.316 e. The molecule has 0 unspecified atom stereocenters. The van der Waals surface area contributed by atoms with E-state index in [4.69, 9.17) is 0 Å². The van der Waals surface area contributed by atoms with E-state index in [2.05, 4.69) is 27.9 Å². The predicted octanol–water partition coefficient (Wildman–Crippen LogP) is 0.836. The van der Waals surface area contributed by atoms with Gasteiger partial charge in [-0.15, -0.1) is 0 Å². The van der Waals surface area contributed by atoms with E-state index in [0.29, 0.717) is 6.54 Å². The van der Waals surface area contributed by atoms with Crippen molar-refractivity contribution in [2.75, 3.05) is 29.5 Å². The van der Waals surface area contributed by atoms with E-state index in [-0.39, 0.29) is 5.75 Å². The zero-order valence-corrected chi connectivity index (χ0v) is 10.3. The predicted molar refractivity (Wildman–Crippen MR) is 60.7 cm³/mol. The Morgan fingerprint density at radius 1 is 1.25 bits per heavy atom. The highest BCUT2D eigenvalue weighted by Gasteiger charge is 1.99. The maximum atomic E-state index is 10.7. The van der Waals surface area contributed by atoms with Crippen LogP contribution in [-0.2, 0) is 9.84 Å². The second-order valence-electron chi connectivity index (χ2n) is 2.78. The van der Waals surface area contributed by atoms with Crippen molar-refractivity contribution in [3.05, 3.63) is 0 Å². The average molecular weight is 305 g/mol. The second-order valence-corrected chi connectivity index (χ2v) is 6.11. The highest BCUT2D eigenvalue weighted by atomic mass is 127. The summed E-state index contributed by atoms with van der Waals surface area (Å²) < 4.78 is 22.5. The molecule has 0 saturated carbocycles. The number of sulfone groups is 1. The summed E-state index contributed by atoms with van der Waals surface area (Å²) in [6.07, 6.45) is 3.60. The number of nitrogens with one attached hydrogen (secondary N) is 1. The van der Waals surface area contributed by atoms with Gasteiger partial charge >= 0.3 is 0 Å². The molecular weight excluding hydrogens is 289 g/mol. The van der Waals surface area contributed by atoms with Crippen LogP contribution in [-0.4, -0.2) is 37.9 Å². The third kappa shape index (κ3) is 10.6. The standard InChI is InChI=1S/C7H16INO2S/c1-12(10,11)7-6-9-5-3-2-4-8/h9H,2-7H2,1H3. The van der Waals surface area contributed by atoms with E-state index < -0.39 is 9.84 Å². The van der Waals surface area contributed by atoms with Gasteiger partial charge in [-0.3, -0.25) is 0 Å². The third-order valence-electron chi connectivity index (χ3n) is 1.39. The van der Waals surface area contributed by atoms with Crippen LogP contribution in [0.3, 0.4) is 0 Å². The van der Waals surface area contributed by atoms with Crippen molar-refractivity contribution in [2.24, 2.45) is 0 Å². The minimum Gasteiger partial charge on any atom is -0.316 e.